The molecule has 0 unspecified atom stereocenters. The summed E-state index contributed by atoms with van der Waals surface area (Å²) in [5.41, 5.74) is 2.05. The predicted octanol–water partition coefficient (Wildman–Crippen LogP) is 3.46. The van der Waals surface area contributed by atoms with Gasteiger partial charge in [0.25, 0.3) is 0 Å². The molecular formula is C14H14BrNO2S. The Balaban J connectivity index is 2.05. The lowest BCUT2D eigenvalue weighted by atomic mass is 10.2. The van der Waals surface area contributed by atoms with Crippen molar-refractivity contribution in [2.75, 3.05) is 11.6 Å². The first kappa shape index (κ1) is 14.1. The van der Waals surface area contributed by atoms with Crippen LogP contribution in [0.3, 0.4) is 0 Å². The molecule has 0 saturated heterocycles. The van der Waals surface area contributed by atoms with E-state index in [1.54, 1.807) is 24.3 Å². The molecule has 5 heteroatoms. The van der Waals surface area contributed by atoms with Gasteiger partial charge in [-0.3, -0.25) is 0 Å². The van der Waals surface area contributed by atoms with Crippen molar-refractivity contribution >= 4 is 31.5 Å². The molecule has 19 heavy (non-hydrogen) atoms. The van der Waals surface area contributed by atoms with E-state index >= 15 is 0 Å². The molecule has 1 N–H and O–H groups in total. The Morgan fingerprint density at radius 2 is 1.79 bits per heavy atom. The summed E-state index contributed by atoms with van der Waals surface area (Å²) in [4.78, 5) is 0.334. The van der Waals surface area contributed by atoms with Crippen molar-refractivity contribution in [3.05, 3.63) is 58.6 Å². The van der Waals surface area contributed by atoms with Crippen LogP contribution in [-0.4, -0.2) is 14.7 Å². The predicted molar refractivity (Wildman–Crippen MR) is 81.0 cm³/mol. The van der Waals surface area contributed by atoms with E-state index in [-0.39, 0.29) is 0 Å². The Morgan fingerprint density at radius 1 is 1.11 bits per heavy atom. The zero-order valence-corrected chi connectivity index (χ0v) is 12.8. The fourth-order valence-electron chi connectivity index (χ4n) is 1.67. The van der Waals surface area contributed by atoms with Gasteiger partial charge < -0.3 is 5.32 Å². The molecule has 0 heterocycles. The standard InChI is InChI=1S/C14H14BrNO2S/c1-19(17,18)14-7-5-13(6-8-14)16-10-11-3-2-4-12(15)9-11/h2-9,16H,10H2,1H3. The maximum Gasteiger partial charge on any atom is 0.175 e. The number of hydrogen-bond acceptors (Lipinski definition) is 3. The first-order valence-corrected chi connectivity index (χ1v) is 8.42. The van der Waals surface area contributed by atoms with Crippen LogP contribution >= 0.6 is 15.9 Å². The van der Waals surface area contributed by atoms with E-state index in [1.165, 1.54) is 6.26 Å². The molecule has 2 rings (SSSR count). The number of halogens is 1. The van der Waals surface area contributed by atoms with Crippen LogP contribution in [-0.2, 0) is 16.4 Å². The molecule has 2 aromatic rings. The van der Waals surface area contributed by atoms with Gasteiger partial charge in [0.05, 0.1) is 4.90 Å². The molecular weight excluding hydrogens is 326 g/mol. The molecule has 0 aliphatic rings. The average Bonchev–Trinajstić information content (AvgIpc) is 2.36. The van der Waals surface area contributed by atoms with Gasteiger partial charge in [0.2, 0.25) is 0 Å². The summed E-state index contributed by atoms with van der Waals surface area (Å²) in [7, 11) is -3.13. The van der Waals surface area contributed by atoms with Crippen LogP contribution in [0.15, 0.2) is 57.9 Å². The van der Waals surface area contributed by atoms with E-state index in [4.69, 9.17) is 0 Å². The third-order valence-corrected chi connectivity index (χ3v) is 4.29. The first-order chi connectivity index (χ1) is 8.95. The number of anilines is 1. The van der Waals surface area contributed by atoms with Gasteiger partial charge in [-0.15, -0.1) is 0 Å². The molecule has 0 aliphatic carbocycles. The molecule has 0 bridgehead atoms. The Hall–Kier alpha value is -1.33. The van der Waals surface area contributed by atoms with E-state index in [0.29, 0.717) is 11.4 Å². The van der Waals surface area contributed by atoms with Crippen molar-refractivity contribution in [2.45, 2.75) is 11.4 Å². The zero-order chi connectivity index (χ0) is 13.9. The summed E-state index contributed by atoms with van der Waals surface area (Å²) in [5.74, 6) is 0. The second kappa shape index (κ2) is 5.75. The summed E-state index contributed by atoms with van der Waals surface area (Å²) in [6.45, 7) is 0.692. The third-order valence-electron chi connectivity index (χ3n) is 2.67. The molecule has 0 saturated carbocycles. The highest BCUT2D eigenvalue weighted by molar-refractivity contribution is 9.10. The van der Waals surface area contributed by atoms with Gasteiger partial charge in [0.15, 0.2) is 9.84 Å². The van der Waals surface area contributed by atoms with Crippen LogP contribution < -0.4 is 5.32 Å². The fourth-order valence-corrected chi connectivity index (χ4v) is 2.75. The monoisotopic (exact) mass is 339 g/mol. The maximum absolute atomic E-state index is 11.3. The average molecular weight is 340 g/mol. The van der Waals surface area contributed by atoms with Gasteiger partial charge in [-0.2, -0.15) is 0 Å². The Morgan fingerprint density at radius 3 is 2.37 bits per heavy atom. The molecule has 100 valence electrons. The first-order valence-electron chi connectivity index (χ1n) is 5.73. The summed E-state index contributed by atoms with van der Waals surface area (Å²) >= 11 is 3.43. The summed E-state index contributed by atoms with van der Waals surface area (Å²) in [6, 6.07) is 14.8. The van der Waals surface area contributed by atoms with E-state index in [9.17, 15) is 8.42 Å². The van der Waals surface area contributed by atoms with Gasteiger partial charge in [0, 0.05) is 23.0 Å². The van der Waals surface area contributed by atoms with Gasteiger partial charge in [-0.1, -0.05) is 28.1 Å². The van der Waals surface area contributed by atoms with Crippen molar-refractivity contribution in [3.8, 4) is 0 Å². The lowest BCUT2D eigenvalue weighted by Gasteiger charge is -2.07. The lowest BCUT2D eigenvalue weighted by molar-refractivity contribution is 0.602. The quantitative estimate of drug-likeness (QED) is 0.927. The number of sulfone groups is 1. The minimum atomic E-state index is -3.13. The van der Waals surface area contributed by atoms with Gasteiger partial charge in [-0.05, 0) is 42.0 Å². The molecule has 2 aromatic carbocycles. The fraction of sp³-hybridized carbons (Fsp3) is 0.143. The molecule has 0 radical (unpaired) electrons. The van der Waals surface area contributed by atoms with Crippen LogP contribution in [0.5, 0.6) is 0 Å². The Bertz CT molecular complexity index is 666. The van der Waals surface area contributed by atoms with Gasteiger partial charge >= 0.3 is 0 Å². The van der Waals surface area contributed by atoms with Gasteiger partial charge in [0.1, 0.15) is 0 Å². The van der Waals surface area contributed by atoms with E-state index in [1.807, 2.05) is 24.3 Å². The topological polar surface area (TPSA) is 46.2 Å². The van der Waals surface area contributed by atoms with E-state index < -0.39 is 9.84 Å². The van der Waals surface area contributed by atoms with Crippen molar-refractivity contribution in [1.82, 2.24) is 0 Å². The minimum Gasteiger partial charge on any atom is -0.381 e. The number of benzene rings is 2. The molecule has 0 atom stereocenters. The zero-order valence-electron chi connectivity index (χ0n) is 10.4. The van der Waals surface area contributed by atoms with Crippen molar-refractivity contribution in [1.29, 1.82) is 0 Å². The van der Waals surface area contributed by atoms with Crippen LogP contribution in [0, 0.1) is 0 Å². The second-order valence-electron chi connectivity index (χ2n) is 4.28. The molecule has 0 spiro atoms. The smallest absolute Gasteiger partial charge is 0.175 e. The summed E-state index contributed by atoms with van der Waals surface area (Å²) < 4.78 is 23.7. The molecule has 0 aromatic heterocycles. The van der Waals surface area contributed by atoms with Crippen LogP contribution in [0.2, 0.25) is 0 Å². The maximum atomic E-state index is 11.3. The summed E-state index contributed by atoms with van der Waals surface area (Å²) in [6.07, 6.45) is 1.21. The SMILES string of the molecule is CS(=O)(=O)c1ccc(NCc2cccc(Br)c2)cc1. The Labute approximate surface area is 121 Å². The van der Waals surface area contributed by atoms with E-state index in [2.05, 4.69) is 21.2 Å². The molecule has 3 nitrogen and oxygen atoms in total. The number of hydrogen-bond donors (Lipinski definition) is 1. The van der Waals surface area contributed by atoms with Crippen LogP contribution in [0.25, 0.3) is 0 Å². The third kappa shape index (κ3) is 4.08. The van der Waals surface area contributed by atoms with E-state index in [0.717, 1.165) is 15.7 Å². The Kier molecular flexibility index (Phi) is 4.27. The van der Waals surface area contributed by atoms with Crippen molar-refractivity contribution in [2.24, 2.45) is 0 Å². The molecule has 0 aliphatic heterocycles. The van der Waals surface area contributed by atoms with Crippen molar-refractivity contribution < 1.29 is 8.42 Å². The molecule has 0 fully saturated rings. The van der Waals surface area contributed by atoms with Crippen molar-refractivity contribution in [3.63, 3.8) is 0 Å². The highest BCUT2D eigenvalue weighted by Crippen LogP contribution is 2.16. The number of nitrogens with one attached hydrogen (secondary N) is 1. The minimum absolute atomic E-state index is 0.334. The highest BCUT2D eigenvalue weighted by atomic mass is 79.9. The van der Waals surface area contributed by atoms with Crippen LogP contribution in [0.4, 0.5) is 5.69 Å². The second-order valence-corrected chi connectivity index (χ2v) is 7.21. The summed E-state index contributed by atoms with van der Waals surface area (Å²) in [5, 5.41) is 3.25. The lowest BCUT2D eigenvalue weighted by Crippen LogP contribution is -2.01. The highest BCUT2D eigenvalue weighted by Gasteiger charge is 2.05. The molecule has 0 amide bonds. The van der Waals surface area contributed by atoms with Gasteiger partial charge in [-0.25, -0.2) is 8.42 Å². The van der Waals surface area contributed by atoms with Crippen LogP contribution in [0.1, 0.15) is 5.56 Å². The largest absolute Gasteiger partial charge is 0.381 e. The number of rotatable bonds is 4. The normalized spacial score (nSPS) is 11.3.